The molecule has 2 heterocycles. The highest BCUT2D eigenvalue weighted by Gasteiger charge is 2.28. The zero-order valence-corrected chi connectivity index (χ0v) is 17.9. The summed E-state index contributed by atoms with van der Waals surface area (Å²) in [6.45, 7) is 8.03. The van der Waals surface area contributed by atoms with E-state index in [1.54, 1.807) is 0 Å². The van der Waals surface area contributed by atoms with Crippen molar-refractivity contribution < 1.29 is 9.59 Å². The van der Waals surface area contributed by atoms with Gasteiger partial charge in [-0.1, -0.05) is 55.4 Å². The highest BCUT2D eigenvalue weighted by molar-refractivity contribution is 8.04. The van der Waals surface area contributed by atoms with Crippen LogP contribution in [0.25, 0.3) is 6.08 Å². The van der Waals surface area contributed by atoms with E-state index >= 15 is 0 Å². The second-order valence-corrected chi connectivity index (χ2v) is 9.43. The monoisotopic (exact) mass is 406 g/mol. The van der Waals surface area contributed by atoms with Crippen LogP contribution in [0.15, 0.2) is 52.3 Å². The molecule has 0 radical (unpaired) electrons. The van der Waals surface area contributed by atoms with Crippen molar-refractivity contribution in [3.8, 4) is 0 Å². The maximum atomic E-state index is 13.0. The first-order chi connectivity index (χ1) is 13.9. The average molecular weight is 407 g/mol. The molecular formula is C24H26N2O2S. The molecule has 2 aliphatic heterocycles. The molecule has 5 heteroatoms. The Labute approximate surface area is 176 Å². The van der Waals surface area contributed by atoms with Crippen LogP contribution in [0.1, 0.15) is 41.8 Å². The van der Waals surface area contributed by atoms with Gasteiger partial charge in [-0.2, -0.15) is 0 Å². The molecule has 2 aliphatic rings. The summed E-state index contributed by atoms with van der Waals surface area (Å²) in [6.07, 6.45) is 3.06. The Morgan fingerprint density at radius 1 is 1.10 bits per heavy atom. The van der Waals surface area contributed by atoms with Crippen molar-refractivity contribution in [2.45, 2.75) is 32.1 Å². The van der Waals surface area contributed by atoms with Crippen LogP contribution in [0.3, 0.4) is 0 Å². The summed E-state index contributed by atoms with van der Waals surface area (Å²) in [5, 5.41) is 2.96. The Hall–Kier alpha value is -2.53. The molecule has 0 bridgehead atoms. The minimum Gasteiger partial charge on any atom is -0.338 e. The van der Waals surface area contributed by atoms with Gasteiger partial charge >= 0.3 is 0 Å². The summed E-state index contributed by atoms with van der Waals surface area (Å²) in [5.41, 5.74) is 3.53. The predicted molar refractivity (Wildman–Crippen MR) is 119 cm³/mol. The van der Waals surface area contributed by atoms with E-state index in [4.69, 9.17) is 0 Å². The molecule has 29 heavy (non-hydrogen) atoms. The lowest BCUT2D eigenvalue weighted by molar-refractivity contribution is -0.112. The number of nitrogens with zero attached hydrogens (tertiary/aromatic N) is 1. The van der Waals surface area contributed by atoms with E-state index < -0.39 is 0 Å². The predicted octanol–water partition coefficient (Wildman–Crippen LogP) is 5.20. The Morgan fingerprint density at radius 3 is 2.48 bits per heavy atom. The molecule has 1 N–H and O–H groups in total. The van der Waals surface area contributed by atoms with Gasteiger partial charge in [-0.15, -0.1) is 0 Å². The van der Waals surface area contributed by atoms with E-state index in [0.29, 0.717) is 28.0 Å². The van der Waals surface area contributed by atoms with Gasteiger partial charge in [0.1, 0.15) is 0 Å². The van der Waals surface area contributed by atoms with Gasteiger partial charge < -0.3 is 10.2 Å². The molecule has 1 fully saturated rings. The number of amides is 2. The van der Waals surface area contributed by atoms with Crippen LogP contribution in [-0.4, -0.2) is 29.8 Å². The standard InChI is InChI=1S/C24H26N2O2S/c1-15-4-6-18(7-5-15)11-22-23(27)25-20-12-19(8-9-21(20)29-22)24(28)26-13-16(2)10-17(3)14-26/h4-9,11-12,16-17H,10,13-14H2,1-3H3,(H,25,27). The molecule has 2 aromatic carbocycles. The summed E-state index contributed by atoms with van der Waals surface area (Å²) in [4.78, 5) is 29.1. The fraction of sp³-hybridized carbons (Fsp3) is 0.333. The van der Waals surface area contributed by atoms with Crippen molar-refractivity contribution >= 4 is 35.3 Å². The number of aryl methyl sites for hydroxylation is 1. The van der Waals surface area contributed by atoms with Crippen molar-refractivity contribution in [2.75, 3.05) is 18.4 Å². The number of fused-ring (bicyclic) bond motifs is 1. The zero-order chi connectivity index (χ0) is 20.5. The summed E-state index contributed by atoms with van der Waals surface area (Å²) in [6, 6.07) is 13.7. The van der Waals surface area contributed by atoms with Gasteiger partial charge in [-0.25, -0.2) is 0 Å². The van der Waals surface area contributed by atoms with Gasteiger partial charge in [0.05, 0.1) is 10.6 Å². The van der Waals surface area contributed by atoms with Gasteiger partial charge in [-0.3, -0.25) is 9.59 Å². The molecule has 4 rings (SSSR count). The number of nitrogens with one attached hydrogen (secondary N) is 1. The van der Waals surface area contributed by atoms with Crippen molar-refractivity contribution in [1.82, 2.24) is 4.90 Å². The van der Waals surface area contributed by atoms with Gasteiger partial charge in [0.2, 0.25) is 0 Å². The van der Waals surface area contributed by atoms with Crippen LogP contribution in [-0.2, 0) is 4.79 Å². The highest BCUT2D eigenvalue weighted by Crippen LogP contribution is 2.39. The van der Waals surface area contributed by atoms with Crippen molar-refractivity contribution in [3.63, 3.8) is 0 Å². The molecule has 4 nitrogen and oxygen atoms in total. The van der Waals surface area contributed by atoms with Crippen molar-refractivity contribution in [1.29, 1.82) is 0 Å². The quantitative estimate of drug-likeness (QED) is 0.698. The second-order valence-electron chi connectivity index (χ2n) is 8.34. The third kappa shape index (κ3) is 4.40. The molecule has 0 saturated carbocycles. The van der Waals surface area contributed by atoms with E-state index in [9.17, 15) is 9.59 Å². The van der Waals surface area contributed by atoms with E-state index in [-0.39, 0.29) is 11.8 Å². The maximum absolute atomic E-state index is 13.0. The molecule has 2 unspecified atom stereocenters. The summed E-state index contributed by atoms with van der Waals surface area (Å²) < 4.78 is 0. The van der Waals surface area contributed by atoms with Crippen LogP contribution >= 0.6 is 11.8 Å². The first kappa shape index (κ1) is 19.8. The second kappa shape index (κ2) is 8.07. The Balaban J connectivity index is 1.55. The topological polar surface area (TPSA) is 49.4 Å². The van der Waals surface area contributed by atoms with E-state index in [0.717, 1.165) is 30.0 Å². The molecule has 0 aromatic heterocycles. The molecule has 2 amide bonds. The van der Waals surface area contributed by atoms with Gasteiger partial charge in [0, 0.05) is 23.5 Å². The largest absolute Gasteiger partial charge is 0.338 e. The number of likely N-dealkylation sites (tertiary alicyclic amines) is 1. The van der Waals surface area contributed by atoms with Crippen LogP contribution in [0.2, 0.25) is 0 Å². The lowest BCUT2D eigenvalue weighted by atomic mass is 9.91. The Bertz CT molecular complexity index is 971. The van der Waals surface area contributed by atoms with Crippen LogP contribution < -0.4 is 5.32 Å². The number of benzene rings is 2. The van der Waals surface area contributed by atoms with E-state index in [1.807, 2.05) is 60.4 Å². The minimum absolute atomic E-state index is 0.0476. The van der Waals surface area contributed by atoms with E-state index in [1.165, 1.54) is 17.3 Å². The van der Waals surface area contributed by atoms with E-state index in [2.05, 4.69) is 19.2 Å². The van der Waals surface area contributed by atoms with Gasteiger partial charge in [0.25, 0.3) is 11.8 Å². The average Bonchev–Trinajstić information content (AvgIpc) is 2.68. The molecule has 0 spiro atoms. The smallest absolute Gasteiger partial charge is 0.262 e. The lowest BCUT2D eigenvalue weighted by Gasteiger charge is -2.35. The molecule has 0 aliphatic carbocycles. The Morgan fingerprint density at radius 2 is 1.79 bits per heavy atom. The number of rotatable bonds is 2. The number of carbonyl (C=O) groups is 2. The molecule has 2 atom stereocenters. The molecule has 1 saturated heterocycles. The minimum atomic E-state index is -0.132. The normalized spacial score (nSPS) is 22.9. The first-order valence-electron chi connectivity index (χ1n) is 10.1. The maximum Gasteiger partial charge on any atom is 0.262 e. The fourth-order valence-corrected chi connectivity index (χ4v) is 5.05. The number of hydrogen-bond donors (Lipinski definition) is 1. The lowest BCUT2D eigenvalue weighted by Crippen LogP contribution is -2.42. The number of anilines is 1. The van der Waals surface area contributed by atoms with Gasteiger partial charge in [-0.05, 0) is 55.0 Å². The molecule has 150 valence electrons. The summed E-state index contributed by atoms with van der Waals surface area (Å²) >= 11 is 1.45. The molecule has 2 aromatic rings. The van der Waals surface area contributed by atoms with Crippen molar-refractivity contribution in [3.05, 3.63) is 64.1 Å². The highest BCUT2D eigenvalue weighted by atomic mass is 32.2. The third-order valence-corrected chi connectivity index (χ3v) is 6.55. The zero-order valence-electron chi connectivity index (χ0n) is 17.1. The summed E-state index contributed by atoms with van der Waals surface area (Å²) in [7, 11) is 0. The SMILES string of the molecule is Cc1ccc(C=C2Sc3ccc(C(=O)N4CC(C)CC(C)C4)cc3NC2=O)cc1. The number of piperidine rings is 1. The van der Waals surface area contributed by atoms with Crippen molar-refractivity contribution in [2.24, 2.45) is 11.8 Å². The van der Waals surface area contributed by atoms with Crippen LogP contribution in [0, 0.1) is 18.8 Å². The van der Waals surface area contributed by atoms with Crippen LogP contribution in [0.4, 0.5) is 5.69 Å². The number of hydrogen-bond acceptors (Lipinski definition) is 3. The number of carbonyl (C=O) groups excluding carboxylic acids is 2. The van der Waals surface area contributed by atoms with Crippen LogP contribution in [0.5, 0.6) is 0 Å². The third-order valence-electron chi connectivity index (χ3n) is 5.45. The summed E-state index contributed by atoms with van der Waals surface area (Å²) in [5.74, 6) is 0.953. The molecular weight excluding hydrogens is 380 g/mol. The number of thioether (sulfide) groups is 1. The first-order valence-corrected chi connectivity index (χ1v) is 10.9. The van der Waals surface area contributed by atoms with Gasteiger partial charge in [0.15, 0.2) is 0 Å². The fourth-order valence-electron chi connectivity index (χ4n) is 4.12. The Kier molecular flexibility index (Phi) is 5.50.